The average Bonchev–Trinajstić information content (AvgIpc) is 2.52. The predicted molar refractivity (Wildman–Crippen MR) is 118 cm³/mol. The Balaban J connectivity index is 0. The van der Waals surface area contributed by atoms with E-state index in [-0.39, 0.29) is 49.0 Å². The maximum atomic E-state index is 12.8. The van der Waals surface area contributed by atoms with Crippen molar-refractivity contribution in [3.05, 3.63) is 70.2 Å². The summed E-state index contributed by atoms with van der Waals surface area (Å²) in [6.07, 6.45) is 0. The minimum Gasteiger partial charge on any atom is -0.267 e. The Morgan fingerprint density at radius 3 is 1.74 bits per heavy atom. The van der Waals surface area contributed by atoms with Gasteiger partial charge >= 0.3 is 0 Å². The van der Waals surface area contributed by atoms with E-state index >= 15 is 0 Å². The van der Waals surface area contributed by atoms with Gasteiger partial charge in [-0.3, -0.25) is 15.0 Å². The molecule has 2 aromatic rings. The maximum absolute atomic E-state index is 12.8. The average molecular weight is 454 g/mol. The molecule has 0 atom stereocenters. The van der Waals surface area contributed by atoms with E-state index in [4.69, 9.17) is 11.6 Å². The van der Waals surface area contributed by atoms with Crippen LogP contribution in [0.2, 0.25) is 5.02 Å². The zero-order valence-electron chi connectivity index (χ0n) is 15.5. The molecule has 2 aromatic carbocycles. The summed E-state index contributed by atoms with van der Waals surface area (Å²) >= 11 is 5.84. The highest BCUT2D eigenvalue weighted by molar-refractivity contribution is 6.30. The van der Waals surface area contributed by atoms with Gasteiger partial charge in [0.2, 0.25) is 0 Å². The van der Waals surface area contributed by atoms with Gasteiger partial charge in [0.05, 0.1) is 5.54 Å². The number of carbonyl (C=O) groups is 2. The molecule has 2 amide bonds. The second kappa shape index (κ2) is 11.4. The number of nitrogens with one attached hydrogen (secondary N) is 1. The summed E-state index contributed by atoms with van der Waals surface area (Å²) in [4.78, 5) is 25.3. The van der Waals surface area contributed by atoms with Crippen molar-refractivity contribution < 1.29 is 9.59 Å². The molecule has 0 spiro atoms. The Kier molecular flexibility index (Phi) is 11.7. The van der Waals surface area contributed by atoms with Crippen molar-refractivity contribution in [1.29, 1.82) is 0 Å². The number of halogens is 4. The first-order valence-electron chi connectivity index (χ1n) is 7.66. The van der Waals surface area contributed by atoms with Crippen molar-refractivity contribution in [2.45, 2.75) is 33.2 Å². The summed E-state index contributed by atoms with van der Waals surface area (Å²) in [6, 6.07) is 13.8. The molecule has 0 aliphatic carbocycles. The van der Waals surface area contributed by atoms with Crippen LogP contribution in [0.4, 0.5) is 0 Å². The van der Waals surface area contributed by atoms with Crippen molar-refractivity contribution in [3.8, 4) is 0 Å². The van der Waals surface area contributed by atoms with Gasteiger partial charge in [-0.15, -0.1) is 37.2 Å². The number of carbonyl (C=O) groups excluding carboxylic acids is 2. The number of rotatable bonds is 2. The number of aryl methyl sites for hydroxylation is 1. The molecule has 0 unspecified atom stereocenters. The first-order valence-corrected chi connectivity index (χ1v) is 8.04. The highest BCUT2D eigenvalue weighted by Crippen LogP contribution is 2.17. The van der Waals surface area contributed by atoms with Gasteiger partial charge in [-0.2, -0.15) is 0 Å². The smallest absolute Gasteiger partial charge is 0.267 e. The molecule has 0 heterocycles. The van der Waals surface area contributed by atoms with Gasteiger partial charge in [-0.05, 0) is 64.1 Å². The third-order valence-corrected chi connectivity index (χ3v) is 3.74. The Morgan fingerprint density at radius 1 is 0.852 bits per heavy atom. The topological polar surface area (TPSA) is 49.4 Å². The number of nitrogens with zero attached hydrogens (tertiary/aromatic N) is 1. The van der Waals surface area contributed by atoms with Crippen molar-refractivity contribution in [3.63, 3.8) is 0 Å². The second-order valence-electron chi connectivity index (χ2n) is 6.63. The third-order valence-electron chi connectivity index (χ3n) is 3.49. The molecular formula is C19H24Cl4N2O2. The van der Waals surface area contributed by atoms with Crippen molar-refractivity contribution in [2.75, 3.05) is 0 Å². The largest absolute Gasteiger partial charge is 0.272 e. The fourth-order valence-electron chi connectivity index (χ4n) is 2.12. The molecule has 27 heavy (non-hydrogen) atoms. The van der Waals surface area contributed by atoms with E-state index < -0.39 is 5.54 Å². The lowest BCUT2D eigenvalue weighted by molar-refractivity contribution is 0.0358. The molecule has 0 bridgehead atoms. The molecule has 8 heteroatoms. The summed E-state index contributed by atoms with van der Waals surface area (Å²) in [5.41, 5.74) is 4.15. The molecule has 0 aliphatic rings. The van der Waals surface area contributed by atoms with E-state index in [1.165, 1.54) is 5.01 Å². The Hall–Kier alpha value is -1.46. The van der Waals surface area contributed by atoms with Crippen LogP contribution in [0.5, 0.6) is 0 Å². The van der Waals surface area contributed by atoms with Crippen molar-refractivity contribution >= 4 is 60.6 Å². The normalized spacial score (nSPS) is 9.81. The zero-order chi connectivity index (χ0) is 17.9. The maximum Gasteiger partial charge on any atom is 0.272 e. The molecule has 0 fully saturated rings. The number of hydrogen-bond acceptors (Lipinski definition) is 2. The van der Waals surface area contributed by atoms with Crippen molar-refractivity contribution in [2.24, 2.45) is 0 Å². The minimum absolute atomic E-state index is 0. The summed E-state index contributed by atoms with van der Waals surface area (Å²) in [5.74, 6) is -0.619. The number of hydrogen-bond donors (Lipinski definition) is 1. The standard InChI is InChI=1S/C19H21ClN2O2.3ClH/c1-13-5-7-15(8-6-13)18(24)22(19(2,3)4)21-17(23)14-9-11-16(20)12-10-14;;;/h5-12H,1-4H3,(H,21,23);3*1H. The number of benzene rings is 2. The van der Waals surface area contributed by atoms with Gasteiger partial charge in [-0.25, -0.2) is 5.01 Å². The SMILES string of the molecule is Cc1ccc(C(=O)N(NC(=O)c2ccc(Cl)cc2)C(C)(C)C)cc1.Cl.Cl.Cl. The number of amides is 2. The molecule has 0 saturated carbocycles. The van der Waals surface area contributed by atoms with Gasteiger partial charge in [0.1, 0.15) is 0 Å². The lowest BCUT2D eigenvalue weighted by Gasteiger charge is -2.35. The van der Waals surface area contributed by atoms with Crippen LogP contribution in [0.25, 0.3) is 0 Å². The second-order valence-corrected chi connectivity index (χ2v) is 7.06. The quantitative estimate of drug-likeness (QED) is 0.610. The molecule has 1 N–H and O–H groups in total. The van der Waals surface area contributed by atoms with Crippen molar-refractivity contribution in [1.82, 2.24) is 10.4 Å². The molecule has 0 radical (unpaired) electrons. The molecular weight excluding hydrogens is 430 g/mol. The zero-order valence-corrected chi connectivity index (χ0v) is 18.7. The van der Waals surface area contributed by atoms with Crippen LogP contribution >= 0.6 is 48.8 Å². The van der Waals surface area contributed by atoms with Crippen LogP contribution in [0.3, 0.4) is 0 Å². The first kappa shape index (κ1) is 27.8. The summed E-state index contributed by atoms with van der Waals surface area (Å²) in [5, 5.41) is 1.91. The van der Waals surface area contributed by atoms with E-state index in [1.54, 1.807) is 36.4 Å². The number of hydrazine groups is 1. The van der Waals surface area contributed by atoms with Crippen LogP contribution in [0.1, 0.15) is 47.1 Å². The van der Waals surface area contributed by atoms with Crippen LogP contribution in [0.15, 0.2) is 48.5 Å². The van der Waals surface area contributed by atoms with Crippen LogP contribution in [-0.4, -0.2) is 22.4 Å². The first-order chi connectivity index (χ1) is 11.2. The lowest BCUT2D eigenvalue weighted by atomic mass is 10.1. The van der Waals surface area contributed by atoms with E-state index in [1.807, 2.05) is 39.8 Å². The molecule has 150 valence electrons. The van der Waals surface area contributed by atoms with Gasteiger partial charge in [0.25, 0.3) is 11.8 Å². The van der Waals surface area contributed by atoms with E-state index in [0.717, 1.165) is 5.56 Å². The summed E-state index contributed by atoms with van der Waals surface area (Å²) in [6.45, 7) is 7.54. The monoisotopic (exact) mass is 452 g/mol. The van der Waals surface area contributed by atoms with E-state index in [9.17, 15) is 9.59 Å². The van der Waals surface area contributed by atoms with Crippen LogP contribution in [0, 0.1) is 6.92 Å². The molecule has 0 aliphatic heterocycles. The van der Waals surface area contributed by atoms with Gasteiger partial charge in [0.15, 0.2) is 0 Å². The Labute approximate surface area is 183 Å². The van der Waals surface area contributed by atoms with Gasteiger partial charge < -0.3 is 0 Å². The Morgan fingerprint density at radius 2 is 1.30 bits per heavy atom. The third kappa shape index (κ3) is 7.59. The molecule has 2 rings (SSSR count). The van der Waals surface area contributed by atoms with E-state index in [2.05, 4.69) is 5.43 Å². The molecule has 0 saturated heterocycles. The fourth-order valence-corrected chi connectivity index (χ4v) is 2.24. The fraction of sp³-hybridized carbons (Fsp3) is 0.263. The summed E-state index contributed by atoms with van der Waals surface area (Å²) < 4.78 is 0. The van der Waals surface area contributed by atoms with Crippen LogP contribution < -0.4 is 5.43 Å². The highest BCUT2D eigenvalue weighted by atomic mass is 35.5. The predicted octanol–water partition coefficient (Wildman–Crippen LogP) is 5.50. The van der Waals surface area contributed by atoms with E-state index in [0.29, 0.717) is 16.1 Å². The highest BCUT2D eigenvalue weighted by Gasteiger charge is 2.29. The minimum atomic E-state index is -0.579. The Bertz CT molecular complexity index is 742. The lowest BCUT2D eigenvalue weighted by Crippen LogP contribution is -2.55. The molecule has 0 aromatic heterocycles. The molecule has 4 nitrogen and oxygen atoms in total. The van der Waals surface area contributed by atoms with Crippen LogP contribution in [-0.2, 0) is 0 Å². The van der Waals surface area contributed by atoms with Gasteiger partial charge in [0, 0.05) is 16.1 Å². The summed E-state index contributed by atoms with van der Waals surface area (Å²) in [7, 11) is 0. The van der Waals surface area contributed by atoms with Gasteiger partial charge in [-0.1, -0.05) is 29.3 Å².